The number of hydrogen-bond donors (Lipinski definition) is 2. The van der Waals surface area contributed by atoms with E-state index in [1.165, 1.54) is 4.57 Å². The average Bonchev–Trinajstić information content (AvgIpc) is 3.51. The SMILES string of the molecule is COc1cccc(/C=c2\c(=O)oc3n2-c2oc(N)nc2[C@H](c2cccc(OC)c2)C=3C(=O)Nc2ccccc2)c1. The van der Waals surface area contributed by atoms with E-state index in [4.69, 9.17) is 24.0 Å². The number of anilines is 2. The van der Waals surface area contributed by atoms with E-state index in [-0.39, 0.29) is 28.4 Å². The highest BCUT2D eigenvalue weighted by Crippen LogP contribution is 2.39. The van der Waals surface area contributed by atoms with Gasteiger partial charge in [0.05, 0.1) is 25.7 Å². The molecule has 0 fully saturated rings. The molecule has 1 aliphatic heterocycles. The second-order valence-electron chi connectivity index (χ2n) is 9.02. The van der Waals surface area contributed by atoms with Crippen molar-refractivity contribution in [3.8, 4) is 17.4 Å². The summed E-state index contributed by atoms with van der Waals surface area (Å²) in [5, 5.41) is 3.03. The van der Waals surface area contributed by atoms with E-state index < -0.39 is 17.5 Å². The molecule has 1 aliphatic rings. The number of nitrogens with two attached hydrogens (primary N) is 1. The molecule has 0 bridgehead atoms. The summed E-state index contributed by atoms with van der Waals surface area (Å²) in [6, 6.07) is 23.2. The van der Waals surface area contributed by atoms with Crippen LogP contribution in [0.2, 0.25) is 0 Å². The van der Waals surface area contributed by atoms with E-state index in [2.05, 4.69) is 10.3 Å². The lowest BCUT2D eigenvalue weighted by Crippen LogP contribution is -2.38. The largest absolute Gasteiger partial charge is 0.497 e. The van der Waals surface area contributed by atoms with Gasteiger partial charge >= 0.3 is 5.63 Å². The number of ether oxygens (including phenoxy) is 2. The fourth-order valence-corrected chi connectivity index (χ4v) is 4.82. The van der Waals surface area contributed by atoms with E-state index in [1.54, 1.807) is 81.0 Å². The highest BCUT2D eigenvalue weighted by molar-refractivity contribution is 6.22. The van der Waals surface area contributed by atoms with Crippen LogP contribution in [0.15, 0.2) is 92.5 Å². The molecule has 0 saturated heterocycles. The third-order valence-electron chi connectivity index (χ3n) is 6.59. The average molecular weight is 537 g/mol. The number of carbonyl (C=O) groups excluding carboxylic acids is 1. The van der Waals surface area contributed by atoms with Crippen LogP contribution in [0.25, 0.3) is 17.5 Å². The number of nitrogen functional groups attached to an aromatic ring is 1. The minimum absolute atomic E-state index is 0.00375. The number of nitrogens with one attached hydrogen (secondary N) is 1. The Labute approximate surface area is 227 Å². The van der Waals surface area contributed by atoms with Crippen LogP contribution in [0.5, 0.6) is 11.5 Å². The number of methoxy groups -OCH3 is 2. The molecule has 0 unspecified atom stereocenters. The Hall–Kier alpha value is -5.51. The fourth-order valence-electron chi connectivity index (χ4n) is 4.82. The monoisotopic (exact) mass is 536 g/mol. The third kappa shape index (κ3) is 4.31. The maximum atomic E-state index is 14.0. The first-order valence-electron chi connectivity index (χ1n) is 12.4. The van der Waals surface area contributed by atoms with Gasteiger partial charge in [-0.25, -0.2) is 9.36 Å². The van der Waals surface area contributed by atoms with Crippen molar-refractivity contribution in [2.45, 2.75) is 5.92 Å². The van der Waals surface area contributed by atoms with E-state index in [1.807, 2.05) is 18.2 Å². The highest BCUT2D eigenvalue weighted by Gasteiger charge is 2.39. The third-order valence-corrected chi connectivity index (χ3v) is 6.59. The summed E-state index contributed by atoms with van der Waals surface area (Å²) in [6.45, 7) is 0. The molecule has 2 aromatic heterocycles. The molecule has 1 atom stereocenters. The van der Waals surface area contributed by atoms with Crippen molar-refractivity contribution in [2.75, 3.05) is 25.3 Å². The first-order valence-corrected chi connectivity index (χ1v) is 12.4. The summed E-state index contributed by atoms with van der Waals surface area (Å²) in [6.07, 6.45) is 1.62. The topological polar surface area (TPSA) is 135 Å². The number of aromatic nitrogens is 2. The van der Waals surface area contributed by atoms with Crippen LogP contribution >= 0.6 is 0 Å². The molecule has 0 saturated carbocycles. The van der Waals surface area contributed by atoms with Crippen molar-refractivity contribution < 1.29 is 23.1 Å². The van der Waals surface area contributed by atoms with Crippen LogP contribution in [0, 0.1) is 0 Å². The summed E-state index contributed by atoms with van der Waals surface area (Å²) in [4.78, 5) is 31.8. The van der Waals surface area contributed by atoms with Gasteiger partial charge < -0.3 is 29.4 Å². The number of para-hydroxylation sites is 1. The lowest BCUT2D eigenvalue weighted by molar-refractivity contribution is -0.111. The van der Waals surface area contributed by atoms with Gasteiger partial charge in [-0.15, -0.1) is 0 Å². The van der Waals surface area contributed by atoms with Gasteiger partial charge in [-0.2, -0.15) is 4.98 Å². The van der Waals surface area contributed by atoms with E-state index in [0.717, 1.165) is 0 Å². The minimum atomic E-state index is -0.787. The second-order valence-corrected chi connectivity index (χ2v) is 9.02. The Morgan fingerprint density at radius 1 is 0.975 bits per heavy atom. The Balaban J connectivity index is 1.67. The molecule has 3 N–H and O–H groups in total. The molecule has 0 aliphatic carbocycles. The number of oxazole rings is 2. The second kappa shape index (κ2) is 9.99. The van der Waals surface area contributed by atoms with Gasteiger partial charge in [-0.1, -0.05) is 42.5 Å². The van der Waals surface area contributed by atoms with Gasteiger partial charge in [0.25, 0.3) is 11.9 Å². The number of hydrogen-bond acceptors (Lipinski definition) is 8. The van der Waals surface area contributed by atoms with Crippen molar-refractivity contribution in [1.82, 2.24) is 9.55 Å². The first kappa shape index (κ1) is 24.8. The molecule has 3 heterocycles. The van der Waals surface area contributed by atoms with Crippen molar-refractivity contribution >= 4 is 29.3 Å². The predicted octanol–water partition coefficient (Wildman–Crippen LogP) is 2.78. The predicted molar refractivity (Wildman–Crippen MR) is 148 cm³/mol. The summed E-state index contributed by atoms with van der Waals surface area (Å²) in [7, 11) is 3.11. The molecule has 10 heteroatoms. The van der Waals surface area contributed by atoms with Crippen LogP contribution in [-0.4, -0.2) is 29.7 Å². The summed E-state index contributed by atoms with van der Waals surface area (Å²) in [5.41, 5.74) is 7.79. The molecule has 0 radical (unpaired) electrons. The van der Waals surface area contributed by atoms with Crippen molar-refractivity contribution in [1.29, 1.82) is 0 Å². The van der Waals surface area contributed by atoms with Gasteiger partial charge in [0.2, 0.25) is 11.4 Å². The number of benzene rings is 3. The van der Waals surface area contributed by atoms with Crippen LogP contribution in [0.1, 0.15) is 22.7 Å². The van der Waals surface area contributed by atoms with E-state index in [9.17, 15) is 9.59 Å². The fraction of sp³-hybridized carbons (Fsp3) is 0.100. The molecule has 10 nitrogen and oxygen atoms in total. The summed E-state index contributed by atoms with van der Waals surface area (Å²) in [5.74, 6) is 0.0943. The standard InChI is InChI=1S/C30H24N4O6/c1-37-20-12-6-8-17(14-20)15-22-29(36)39-27-24(26(35)32-19-10-4-3-5-11-19)23(18-9-7-13-21(16-18)38-2)25-28(34(22)27)40-30(31)33-25/h3-16,23H,1-2H3,(H2,31,33)(H,32,35)/b22-15+/t23-/m1/s1. The normalized spacial score (nSPS) is 14.4. The van der Waals surface area contributed by atoms with Crippen molar-refractivity contribution in [3.63, 3.8) is 0 Å². The molecule has 3 aromatic carbocycles. The Bertz CT molecular complexity index is 1920. The molecule has 6 rings (SSSR count). The van der Waals surface area contributed by atoms with Gasteiger partial charge in [0, 0.05) is 5.69 Å². The zero-order valence-electron chi connectivity index (χ0n) is 21.6. The van der Waals surface area contributed by atoms with Crippen LogP contribution in [0.3, 0.4) is 0 Å². The van der Waals surface area contributed by atoms with Gasteiger partial charge in [-0.3, -0.25) is 4.79 Å². The molecule has 200 valence electrons. The highest BCUT2D eigenvalue weighted by atomic mass is 16.5. The number of amides is 1. The number of fused-ring (bicyclic) bond motifs is 3. The maximum absolute atomic E-state index is 14.0. The zero-order chi connectivity index (χ0) is 27.8. The minimum Gasteiger partial charge on any atom is -0.497 e. The zero-order valence-corrected chi connectivity index (χ0v) is 21.6. The van der Waals surface area contributed by atoms with Gasteiger partial charge in [0.1, 0.15) is 22.5 Å². The smallest absolute Gasteiger partial charge is 0.362 e. The van der Waals surface area contributed by atoms with E-state index >= 15 is 0 Å². The molecule has 40 heavy (non-hydrogen) atoms. The lowest BCUT2D eigenvalue weighted by atomic mass is 9.86. The van der Waals surface area contributed by atoms with Crippen molar-refractivity contribution in [2.24, 2.45) is 0 Å². The summed E-state index contributed by atoms with van der Waals surface area (Å²) >= 11 is 0. The van der Waals surface area contributed by atoms with Gasteiger partial charge in [0.15, 0.2) is 0 Å². The van der Waals surface area contributed by atoms with Crippen LogP contribution in [0.4, 0.5) is 11.7 Å². The molecule has 0 spiro atoms. The van der Waals surface area contributed by atoms with E-state index in [0.29, 0.717) is 34.0 Å². The van der Waals surface area contributed by atoms with Crippen LogP contribution < -0.4 is 37.0 Å². The lowest BCUT2D eigenvalue weighted by Gasteiger charge is -2.23. The Morgan fingerprint density at radius 3 is 2.45 bits per heavy atom. The molecule has 1 amide bonds. The molecular weight excluding hydrogens is 512 g/mol. The van der Waals surface area contributed by atoms with Crippen LogP contribution in [-0.2, 0) is 4.79 Å². The van der Waals surface area contributed by atoms with Gasteiger partial charge in [-0.05, 0) is 53.6 Å². The first-order chi connectivity index (χ1) is 19.5. The molecular formula is C30H24N4O6. The quantitative estimate of drug-likeness (QED) is 0.338. The van der Waals surface area contributed by atoms with Crippen molar-refractivity contribution in [3.05, 3.63) is 117 Å². The number of carbonyl (C=O) groups is 1. The maximum Gasteiger partial charge on any atom is 0.362 e. The number of nitrogens with zero attached hydrogens (tertiary/aromatic N) is 2. The Morgan fingerprint density at radius 2 is 1.70 bits per heavy atom. The summed E-state index contributed by atoms with van der Waals surface area (Å²) < 4.78 is 23.8. The number of rotatable bonds is 6. The Kier molecular flexibility index (Phi) is 6.19. The molecule has 5 aromatic rings.